The quantitative estimate of drug-likeness (QED) is 0.727. The van der Waals surface area contributed by atoms with E-state index in [2.05, 4.69) is 6.92 Å². The van der Waals surface area contributed by atoms with E-state index in [1.807, 2.05) is 0 Å². The van der Waals surface area contributed by atoms with Crippen molar-refractivity contribution in [1.29, 1.82) is 0 Å². The van der Waals surface area contributed by atoms with E-state index in [-0.39, 0.29) is 6.42 Å². The van der Waals surface area contributed by atoms with Crippen LogP contribution in [0.3, 0.4) is 0 Å². The van der Waals surface area contributed by atoms with Crippen LogP contribution < -0.4 is 0 Å². The van der Waals surface area contributed by atoms with Crippen LogP contribution in [0.25, 0.3) is 0 Å². The lowest BCUT2D eigenvalue weighted by Crippen LogP contribution is -2.32. The summed E-state index contributed by atoms with van der Waals surface area (Å²) in [4.78, 5) is 22.0. The minimum Gasteiger partial charge on any atom is -0.481 e. The summed E-state index contributed by atoms with van der Waals surface area (Å²) in [6.07, 6.45) is 5.57. The molecular formula is C13H22O4. The molecule has 0 saturated heterocycles. The first-order chi connectivity index (χ1) is 7.96. The molecule has 2 unspecified atom stereocenters. The van der Waals surface area contributed by atoms with Crippen LogP contribution in [0, 0.1) is 11.3 Å². The first-order valence-corrected chi connectivity index (χ1v) is 6.41. The molecule has 4 nitrogen and oxygen atoms in total. The Morgan fingerprint density at radius 3 is 2.59 bits per heavy atom. The molecule has 0 aromatic heterocycles. The maximum absolute atomic E-state index is 11.5. The molecule has 0 aromatic rings. The van der Waals surface area contributed by atoms with Gasteiger partial charge in [-0.05, 0) is 31.6 Å². The smallest absolute Gasteiger partial charge is 0.309 e. The van der Waals surface area contributed by atoms with Crippen molar-refractivity contribution in [2.45, 2.75) is 58.3 Å². The first-order valence-electron chi connectivity index (χ1n) is 6.41. The molecule has 1 aliphatic carbocycles. The molecule has 0 radical (unpaired) electrons. The van der Waals surface area contributed by atoms with E-state index in [1.54, 1.807) is 0 Å². The Bertz CT molecular complexity index is 287. The molecule has 2 N–H and O–H groups in total. The molecule has 0 bridgehead atoms. The van der Waals surface area contributed by atoms with Crippen molar-refractivity contribution in [3.05, 3.63) is 0 Å². The van der Waals surface area contributed by atoms with E-state index in [1.165, 1.54) is 0 Å². The molecule has 98 valence electrons. The van der Waals surface area contributed by atoms with Crippen molar-refractivity contribution >= 4 is 11.9 Å². The van der Waals surface area contributed by atoms with E-state index in [0.29, 0.717) is 31.6 Å². The molecule has 0 aliphatic heterocycles. The van der Waals surface area contributed by atoms with Gasteiger partial charge in [0, 0.05) is 6.42 Å². The second kappa shape index (κ2) is 6.03. The summed E-state index contributed by atoms with van der Waals surface area (Å²) < 4.78 is 0. The summed E-state index contributed by atoms with van der Waals surface area (Å²) in [6, 6.07) is 0. The fourth-order valence-electron chi connectivity index (χ4n) is 2.93. The summed E-state index contributed by atoms with van der Waals surface area (Å²) in [7, 11) is 0. The molecule has 2 atom stereocenters. The molecule has 1 saturated carbocycles. The Kier molecular flexibility index (Phi) is 4.97. The summed E-state index contributed by atoms with van der Waals surface area (Å²) in [5.74, 6) is -1.15. The van der Waals surface area contributed by atoms with Gasteiger partial charge >= 0.3 is 11.9 Å². The lowest BCUT2D eigenvalue weighted by Gasteiger charge is -2.29. The molecule has 4 heteroatoms. The van der Waals surface area contributed by atoms with Gasteiger partial charge in [0.25, 0.3) is 0 Å². The Balaban J connectivity index is 2.66. The number of carboxylic acid groups (broad SMARTS) is 2. The zero-order chi connectivity index (χ0) is 12.9. The van der Waals surface area contributed by atoms with Gasteiger partial charge in [-0.1, -0.05) is 26.2 Å². The lowest BCUT2D eigenvalue weighted by atomic mass is 9.74. The van der Waals surface area contributed by atoms with Gasteiger partial charge in [0.15, 0.2) is 0 Å². The van der Waals surface area contributed by atoms with E-state index in [0.717, 1.165) is 19.3 Å². The summed E-state index contributed by atoms with van der Waals surface area (Å²) in [6.45, 7) is 2.10. The van der Waals surface area contributed by atoms with Crippen molar-refractivity contribution in [1.82, 2.24) is 0 Å². The van der Waals surface area contributed by atoms with Crippen LogP contribution in [0.15, 0.2) is 0 Å². The number of hydrogen-bond acceptors (Lipinski definition) is 2. The Morgan fingerprint density at radius 1 is 1.29 bits per heavy atom. The molecule has 1 fully saturated rings. The van der Waals surface area contributed by atoms with Crippen molar-refractivity contribution in [2.24, 2.45) is 11.3 Å². The fraction of sp³-hybridized carbons (Fsp3) is 0.846. The van der Waals surface area contributed by atoms with Crippen LogP contribution in [0.1, 0.15) is 58.3 Å². The number of rotatable bonds is 5. The standard InChI is InChI=1S/C13H22O4/c1-10-5-2-3-7-13(9-10,12(16)17)8-4-6-11(14)15/h10H,2-9H2,1H3,(H,14,15)(H,16,17). The normalized spacial score (nSPS) is 29.6. The zero-order valence-electron chi connectivity index (χ0n) is 10.4. The van der Waals surface area contributed by atoms with Crippen molar-refractivity contribution in [3.63, 3.8) is 0 Å². The highest BCUT2D eigenvalue weighted by Crippen LogP contribution is 2.41. The van der Waals surface area contributed by atoms with Gasteiger partial charge in [-0.25, -0.2) is 0 Å². The Morgan fingerprint density at radius 2 is 2.00 bits per heavy atom. The van der Waals surface area contributed by atoms with Gasteiger partial charge in [-0.15, -0.1) is 0 Å². The topological polar surface area (TPSA) is 74.6 Å². The number of aliphatic carboxylic acids is 2. The molecule has 0 amide bonds. The molecule has 0 heterocycles. The minimum absolute atomic E-state index is 0.0728. The van der Waals surface area contributed by atoms with E-state index in [9.17, 15) is 14.7 Å². The van der Waals surface area contributed by atoms with Crippen molar-refractivity contribution < 1.29 is 19.8 Å². The number of hydrogen-bond donors (Lipinski definition) is 2. The average molecular weight is 242 g/mol. The van der Waals surface area contributed by atoms with Gasteiger partial charge in [-0.3, -0.25) is 9.59 Å². The third-order valence-electron chi connectivity index (χ3n) is 3.84. The number of carboxylic acids is 2. The first kappa shape index (κ1) is 14.0. The maximum atomic E-state index is 11.5. The SMILES string of the molecule is CC1CCCCC(CCCC(=O)O)(C(=O)O)C1. The van der Waals surface area contributed by atoms with Gasteiger partial charge in [0.2, 0.25) is 0 Å². The highest BCUT2D eigenvalue weighted by atomic mass is 16.4. The Labute approximate surface area is 102 Å². The van der Waals surface area contributed by atoms with Crippen molar-refractivity contribution in [2.75, 3.05) is 0 Å². The van der Waals surface area contributed by atoms with Gasteiger partial charge in [-0.2, -0.15) is 0 Å². The third kappa shape index (κ3) is 4.02. The maximum Gasteiger partial charge on any atom is 0.309 e. The predicted molar refractivity (Wildman–Crippen MR) is 63.8 cm³/mol. The van der Waals surface area contributed by atoms with Crippen LogP contribution >= 0.6 is 0 Å². The van der Waals surface area contributed by atoms with E-state index in [4.69, 9.17) is 5.11 Å². The molecule has 0 aromatic carbocycles. The highest BCUT2D eigenvalue weighted by molar-refractivity contribution is 5.74. The molecular weight excluding hydrogens is 220 g/mol. The van der Waals surface area contributed by atoms with E-state index >= 15 is 0 Å². The molecule has 1 aliphatic rings. The van der Waals surface area contributed by atoms with Gasteiger partial charge < -0.3 is 10.2 Å². The molecule has 0 spiro atoms. The molecule has 1 rings (SSSR count). The zero-order valence-corrected chi connectivity index (χ0v) is 10.4. The second-order valence-electron chi connectivity index (χ2n) is 5.39. The van der Waals surface area contributed by atoms with Gasteiger partial charge in [0.1, 0.15) is 0 Å². The lowest BCUT2D eigenvalue weighted by molar-refractivity contribution is -0.151. The largest absolute Gasteiger partial charge is 0.481 e. The average Bonchev–Trinajstić information content (AvgIpc) is 2.40. The van der Waals surface area contributed by atoms with Crippen LogP contribution in [0.4, 0.5) is 0 Å². The van der Waals surface area contributed by atoms with E-state index < -0.39 is 17.4 Å². The van der Waals surface area contributed by atoms with Crippen LogP contribution in [-0.4, -0.2) is 22.2 Å². The Hall–Kier alpha value is -1.06. The summed E-state index contributed by atoms with van der Waals surface area (Å²) in [5.41, 5.74) is -0.675. The van der Waals surface area contributed by atoms with Crippen LogP contribution in [0.5, 0.6) is 0 Å². The highest BCUT2D eigenvalue weighted by Gasteiger charge is 2.39. The third-order valence-corrected chi connectivity index (χ3v) is 3.84. The summed E-state index contributed by atoms with van der Waals surface area (Å²) in [5, 5.41) is 18.1. The fourth-order valence-corrected chi connectivity index (χ4v) is 2.93. The monoisotopic (exact) mass is 242 g/mol. The van der Waals surface area contributed by atoms with Crippen LogP contribution in [-0.2, 0) is 9.59 Å². The second-order valence-corrected chi connectivity index (χ2v) is 5.39. The minimum atomic E-state index is -0.841. The van der Waals surface area contributed by atoms with Gasteiger partial charge in [0.05, 0.1) is 5.41 Å². The predicted octanol–water partition coefficient (Wildman–Crippen LogP) is 2.91. The molecule has 17 heavy (non-hydrogen) atoms. The van der Waals surface area contributed by atoms with Crippen LogP contribution in [0.2, 0.25) is 0 Å². The number of carbonyl (C=O) groups is 2. The summed E-state index contributed by atoms with van der Waals surface area (Å²) >= 11 is 0. The van der Waals surface area contributed by atoms with Crippen molar-refractivity contribution in [3.8, 4) is 0 Å².